The van der Waals surface area contributed by atoms with Gasteiger partial charge in [-0.3, -0.25) is 4.98 Å². The third kappa shape index (κ3) is 2.15. The summed E-state index contributed by atoms with van der Waals surface area (Å²) in [6.45, 7) is 4.09. The van der Waals surface area contributed by atoms with E-state index in [-0.39, 0.29) is 0 Å². The molecule has 0 unspecified atom stereocenters. The predicted octanol–water partition coefficient (Wildman–Crippen LogP) is 3.76. The van der Waals surface area contributed by atoms with Crippen molar-refractivity contribution in [2.75, 3.05) is 0 Å². The third-order valence-corrected chi connectivity index (χ3v) is 3.27. The molecular formula is C16H15N3. The normalized spacial score (nSPS) is 10.6. The fourth-order valence-corrected chi connectivity index (χ4v) is 2.20. The molecule has 0 fully saturated rings. The number of benzene rings is 1. The lowest BCUT2D eigenvalue weighted by Crippen LogP contribution is -1.88. The van der Waals surface area contributed by atoms with E-state index in [9.17, 15) is 0 Å². The van der Waals surface area contributed by atoms with Crippen molar-refractivity contribution >= 4 is 0 Å². The van der Waals surface area contributed by atoms with Gasteiger partial charge in [-0.1, -0.05) is 24.3 Å². The van der Waals surface area contributed by atoms with Gasteiger partial charge in [-0.25, -0.2) is 4.98 Å². The minimum Gasteiger partial charge on any atom is -0.338 e. The maximum Gasteiger partial charge on any atom is 0.139 e. The highest BCUT2D eigenvalue weighted by Gasteiger charge is 2.09. The first kappa shape index (κ1) is 11.7. The average molecular weight is 249 g/mol. The Morgan fingerprint density at radius 3 is 2.47 bits per heavy atom. The lowest BCUT2D eigenvalue weighted by Gasteiger charge is -2.03. The number of nitrogens with one attached hydrogen (secondary N) is 1. The van der Waals surface area contributed by atoms with Crippen LogP contribution in [-0.2, 0) is 0 Å². The molecule has 0 aliphatic rings. The number of aryl methyl sites for hydroxylation is 2. The zero-order valence-electron chi connectivity index (χ0n) is 11.0. The van der Waals surface area contributed by atoms with E-state index in [4.69, 9.17) is 0 Å². The number of hydrogen-bond donors (Lipinski definition) is 1. The van der Waals surface area contributed by atoms with Crippen LogP contribution < -0.4 is 0 Å². The first-order chi connectivity index (χ1) is 9.25. The van der Waals surface area contributed by atoms with Crippen LogP contribution >= 0.6 is 0 Å². The van der Waals surface area contributed by atoms with Crippen molar-refractivity contribution in [3.8, 4) is 22.6 Å². The predicted molar refractivity (Wildman–Crippen MR) is 76.7 cm³/mol. The SMILES string of the molecule is Cc1ccccc1-c1cnc(-c2cccnc2C)[nH]1. The molecule has 0 amide bonds. The first-order valence-electron chi connectivity index (χ1n) is 6.28. The van der Waals surface area contributed by atoms with Gasteiger partial charge in [0.15, 0.2) is 0 Å². The molecule has 0 radical (unpaired) electrons. The van der Waals surface area contributed by atoms with Crippen LogP contribution in [0.4, 0.5) is 0 Å². The molecule has 0 saturated carbocycles. The number of aromatic amines is 1. The van der Waals surface area contributed by atoms with E-state index in [1.807, 2.05) is 37.4 Å². The van der Waals surface area contributed by atoms with Gasteiger partial charge >= 0.3 is 0 Å². The molecule has 0 spiro atoms. The lowest BCUT2D eigenvalue weighted by molar-refractivity contribution is 1.17. The van der Waals surface area contributed by atoms with E-state index in [1.54, 1.807) is 6.20 Å². The smallest absolute Gasteiger partial charge is 0.139 e. The number of H-pyrrole nitrogens is 1. The third-order valence-electron chi connectivity index (χ3n) is 3.27. The van der Waals surface area contributed by atoms with Crippen LogP contribution in [0, 0.1) is 13.8 Å². The van der Waals surface area contributed by atoms with Crippen molar-refractivity contribution in [3.05, 3.63) is 60.0 Å². The molecule has 2 heterocycles. The molecule has 0 saturated heterocycles. The van der Waals surface area contributed by atoms with E-state index < -0.39 is 0 Å². The molecule has 0 aliphatic carbocycles. The van der Waals surface area contributed by atoms with Gasteiger partial charge in [0.1, 0.15) is 5.82 Å². The van der Waals surface area contributed by atoms with Gasteiger partial charge in [0, 0.05) is 23.0 Å². The summed E-state index contributed by atoms with van der Waals surface area (Å²) in [4.78, 5) is 12.1. The number of pyridine rings is 1. The zero-order chi connectivity index (χ0) is 13.2. The summed E-state index contributed by atoms with van der Waals surface area (Å²) in [6, 6.07) is 12.2. The van der Waals surface area contributed by atoms with Gasteiger partial charge in [-0.05, 0) is 31.5 Å². The van der Waals surface area contributed by atoms with E-state index >= 15 is 0 Å². The Morgan fingerprint density at radius 2 is 1.68 bits per heavy atom. The summed E-state index contributed by atoms with van der Waals surface area (Å²) < 4.78 is 0. The maximum absolute atomic E-state index is 4.47. The second kappa shape index (κ2) is 4.69. The molecule has 3 aromatic rings. The highest BCUT2D eigenvalue weighted by atomic mass is 14.9. The largest absolute Gasteiger partial charge is 0.338 e. The first-order valence-corrected chi connectivity index (χ1v) is 6.28. The molecule has 0 atom stereocenters. The van der Waals surface area contributed by atoms with Crippen molar-refractivity contribution in [1.82, 2.24) is 15.0 Å². The van der Waals surface area contributed by atoms with Crippen LogP contribution in [0.2, 0.25) is 0 Å². The molecule has 3 rings (SSSR count). The van der Waals surface area contributed by atoms with Crippen molar-refractivity contribution in [1.29, 1.82) is 0 Å². The van der Waals surface area contributed by atoms with E-state index in [0.29, 0.717) is 0 Å². The van der Waals surface area contributed by atoms with Gasteiger partial charge in [-0.15, -0.1) is 0 Å². The van der Waals surface area contributed by atoms with Gasteiger partial charge in [0.05, 0.1) is 11.9 Å². The molecule has 3 heteroatoms. The van der Waals surface area contributed by atoms with Crippen molar-refractivity contribution < 1.29 is 0 Å². The fraction of sp³-hybridized carbons (Fsp3) is 0.125. The Kier molecular flexibility index (Phi) is 2.88. The lowest BCUT2D eigenvalue weighted by atomic mass is 10.1. The summed E-state index contributed by atoms with van der Waals surface area (Å²) >= 11 is 0. The quantitative estimate of drug-likeness (QED) is 0.751. The second-order valence-corrected chi connectivity index (χ2v) is 4.60. The molecule has 1 aromatic carbocycles. The monoisotopic (exact) mass is 249 g/mol. The fourth-order valence-electron chi connectivity index (χ4n) is 2.20. The van der Waals surface area contributed by atoms with Crippen molar-refractivity contribution in [2.24, 2.45) is 0 Å². The summed E-state index contributed by atoms with van der Waals surface area (Å²) in [5.41, 5.74) is 5.48. The molecule has 94 valence electrons. The number of aromatic nitrogens is 3. The van der Waals surface area contributed by atoms with E-state index in [2.05, 4.69) is 34.0 Å². The number of rotatable bonds is 2. The highest BCUT2D eigenvalue weighted by molar-refractivity contribution is 5.67. The molecule has 1 N–H and O–H groups in total. The zero-order valence-corrected chi connectivity index (χ0v) is 11.0. The van der Waals surface area contributed by atoms with Gasteiger partial charge in [-0.2, -0.15) is 0 Å². The summed E-state index contributed by atoms with van der Waals surface area (Å²) in [5.74, 6) is 0.865. The van der Waals surface area contributed by atoms with E-state index in [0.717, 1.165) is 22.8 Å². The Balaban J connectivity index is 2.06. The Hall–Kier alpha value is -2.42. The van der Waals surface area contributed by atoms with Crippen LogP contribution in [0.25, 0.3) is 22.6 Å². The Labute approximate surface area is 112 Å². The topological polar surface area (TPSA) is 41.6 Å². The molecule has 3 nitrogen and oxygen atoms in total. The van der Waals surface area contributed by atoms with Gasteiger partial charge in [0.2, 0.25) is 0 Å². The standard InChI is InChI=1S/C16H15N3/c1-11-6-3-4-7-13(11)15-10-18-16(19-15)14-8-5-9-17-12(14)2/h3-10H,1-2H3,(H,18,19). The summed E-state index contributed by atoms with van der Waals surface area (Å²) in [5, 5.41) is 0. The van der Waals surface area contributed by atoms with Gasteiger partial charge < -0.3 is 4.98 Å². The molecule has 0 bridgehead atoms. The summed E-state index contributed by atoms with van der Waals surface area (Å²) in [7, 11) is 0. The Bertz CT molecular complexity index is 653. The van der Waals surface area contributed by atoms with Crippen molar-refractivity contribution in [2.45, 2.75) is 13.8 Å². The molecule has 2 aromatic heterocycles. The van der Waals surface area contributed by atoms with Crippen LogP contribution in [0.15, 0.2) is 48.8 Å². The minimum absolute atomic E-state index is 0.865. The molecular weight excluding hydrogens is 234 g/mol. The Morgan fingerprint density at radius 1 is 0.895 bits per heavy atom. The number of hydrogen-bond acceptors (Lipinski definition) is 2. The van der Waals surface area contributed by atoms with Crippen LogP contribution in [0.5, 0.6) is 0 Å². The van der Waals surface area contributed by atoms with Crippen LogP contribution in [0.1, 0.15) is 11.3 Å². The molecule has 0 aliphatic heterocycles. The summed E-state index contributed by atoms with van der Waals surface area (Å²) in [6.07, 6.45) is 3.67. The van der Waals surface area contributed by atoms with Crippen LogP contribution in [-0.4, -0.2) is 15.0 Å². The highest BCUT2D eigenvalue weighted by Crippen LogP contribution is 2.25. The van der Waals surface area contributed by atoms with Crippen molar-refractivity contribution in [3.63, 3.8) is 0 Å². The molecule has 19 heavy (non-hydrogen) atoms. The number of imidazole rings is 1. The van der Waals surface area contributed by atoms with E-state index in [1.165, 1.54) is 11.1 Å². The maximum atomic E-state index is 4.47. The van der Waals surface area contributed by atoms with Gasteiger partial charge in [0.25, 0.3) is 0 Å². The minimum atomic E-state index is 0.865. The second-order valence-electron chi connectivity index (χ2n) is 4.60. The average Bonchev–Trinajstić information content (AvgIpc) is 2.89. The number of nitrogens with zero attached hydrogens (tertiary/aromatic N) is 2. The van der Waals surface area contributed by atoms with Crippen LogP contribution in [0.3, 0.4) is 0 Å².